The molecule has 1 amide bonds. The highest BCUT2D eigenvalue weighted by Gasteiger charge is 2.08. The zero-order valence-electron chi connectivity index (χ0n) is 10.8. The van der Waals surface area contributed by atoms with Gasteiger partial charge in [-0.2, -0.15) is 10.4 Å². The van der Waals surface area contributed by atoms with Crippen LogP contribution in [-0.2, 0) is 6.54 Å². The molecule has 0 aliphatic heterocycles. The van der Waals surface area contributed by atoms with Crippen LogP contribution in [0.2, 0.25) is 0 Å². The first-order chi connectivity index (χ1) is 9.08. The molecule has 96 valence electrons. The van der Waals surface area contributed by atoms with Crippen molar-refractivity contribution < 1.29 is 4.79 Å². The first kappa shape index (κ1) is 12.8. The molecular formula is C14H14N4O. The molecule has 2 aromatic rings. The van der Waals surface area contributed by atoms with E-state index in [0.717, 1.165) is 11.1 Å². The number of benzene rings is 1. The number of aromatic nitrogens is 2. The van der Waals surface area contributed by atoms with E-state index in [1.807, 2.05) is 38.1 Å². The second-order valence-electron chi connectivity index (χ2n) is 4.39. The van der Waals surface area contributed by atoms with E-state index in [2.05, 4.69) is 10.4 Å². The van der Waals surface area contributed by atoms with Crippen molar-refractivity contribution in [2.24, 2.45) is 0 Å². The van der Waals surface area contributed by atoms with Crippen LogP contribution >= 0.6 is 0 Å². The number of rotatable bonds is 3. The fraction of sp³-hybridized carbons (Fsp3) is 0.214. The number of nitrogens with one attached hydrogen (secondary N) is 1. The molecule has 1 N–H and O–H groups in total. The summed E-state index contributed by atoms with van der Waals surface area (Å²) >= 11 is 0. The summed E-state index contributed by atoms with van der Waals surface area (Å²) in [6.45, 7) is 4.07. The van der Waals surface area contributed by atoms with Crippen LogP contribution in [0.3, 0.4) is 0 Å². The second kappa shape index (κ2) is 5.36. The Kier molecular flexibility index (Phi) is 3.62. The molecule has 0 bridgehead atoms. The highest BCUT2D eigenvalue weighted by molar-refractivity contribution is 6.03. The van der Waals surface area contributed by atoms with Crippen molar-refractivity contribution >= 4 is 11.7 Å². The summed E-state index contributed by atoms with van der Waals surface area (Å²) in [4.78, 5) is 12.1. The topological polar surface area (TPSA) is 70.7 Å². The second-order valence-corrected chi connectivity index (χ2v) is 4.39. The van der Waals surface area contributed by atoms with Gasteiger partial charge in [-0.1, -0.05) is 17.2 Å². The van der Waals surface area contributed by atoms with Crippen LogP contribution in [-0.4, -0.2) is 15.7 Å². The molecule has 19 heavy (non-hydrogen) atoms. The molecule has 2 rings (SSSR count). The van der Waals surface area contributed by atoms with Crippen molar-refractivity contribution in [2.75, 3.05) is 5.32 Å². The maximum Gasteiger partial charge on any atom is 0.256 e. The molecular weight excluding hydrogens is 240 g/mol. The van der Waals surface area contributed by atoms with Crippen LogP contribution in [0.5, 0.6) is 0 Å². The summed E-state index contributed by atoms with van der Waals surface area (Å²) in [6.07, 6.45) is 1.65. The smallest absolute Gasteiger partial charge is 0.256 e. The normalized spacial score (nSPS) is 9.95. The van der Waals surface area contributed by atoms with E-state index in [0.29, 0.717) is 11.4 Å². The first-order valence-electron chi connectivity index (χ1n) is 5.88. The van der Waals surface area contributed by atoms with Crippen molar-refractivity contribution in [2.45, 2.75) is 20.4 Å². The third kappa shape index (κ3) is 3.19. The Hall–Kier alpha value is -2.61. The Bertz CT molecular complexity index is 631. The van der Waals surface area contributed by atoms with Crippen molar-refractivity contribution in [3.63, 3.8) is 0 Å². The molecule has 0 unspecified atom stereocenters. The van der Waals surface area contributed by atoms with Gasteiger partial charge < -0.3 is 5.32 Å². The van der Waals surface area contributed by atoms with Gasteiger partial charge in [0.15, 0.2) is 5.82 Å². The SMILES string of the molecule is Cc1cc(C)cc(C(=O)Nc2ccn(CC#N)n2)c1. The Morgan fingerprint density at radius 2 is 2.05 bits per heavy atom. The minimum absolute atomic E-state index is 0.166. The molecule has 0 radical (unpaired) electrons. The number of hydrogen-bond donors (Lipinski definition) is 1. The van der Waals surface area contributed by atoms with Gasteiger partial charge in [0.1, 0.15) is 6.54 Å². The van der Waals surface area contributed by atoms with Crippen molar-refractivity contribution in [3.8, 4) is 6.07 Å². The molecule has 0 fully saturated rings. The van der Waals surface area contributed by atoms with E-state index in [-0.39, 0.29) is 12.5 Å². The molecule has 0 atom stereocenters. The molecule has 0 aliphatic rings. The molecule has 0 saturated carbocycles. The standard InChI is InChI=1S/C14H14N4O/c1-10-7-11(2)9-12(8-10)14(19)16-13-3-5-18(17-13)6-4-15/h3,5,7-9H,6H2,1-2H3,(H,16,17,19). The maximum absolute atomic E-state index is 12.1. The number of hydrogen-bond acceptors (Lipinski definition) is 3. The number of anilines is 1. The molecule has 1 aromatic heterocycles. The van der Waals surface area contributed by atoms with E-state index < -0.39 is 0 Å². The van der Waals surface area contributed by atoms with Crippen LogP contribution < -0.4 is 5.32 Å². The lowest BCUT2D eigenvalue weighted by molar-refractivity contribution is 0.102. The van der Waals surface area contributed by atoms with Crippen molar-refractivity contribution in [1.82, 2.24) is 9.78 Å². The summed E-state index contributed by atoms with van der Waals surface area (Å²) in [5.41, 5.74) is 2.69. The van der Waals surface area contributed by atoms with Crippen LogP contribution in [0.1, 0.15) is 21.5 Å². The van der Waals surface area contributed by atoms with Gasteiger partial charge in [0.2, 0.25) is 0 Å². The van der Waals surface area contributed by atoms with E-state index in [4.69, 9.17) is 5.26 Å². The Morgan fingerprint density at radius 3 is 2.68 bits per heavy atom. The number of amides is 1. The van der Waals surface area contributed by atoms with Gasteiger partial charge in [-0.15, -0.1) is 0 Å². The highest BCUT2D eigenvalue weighted by atomic mass is 16.1. The van der Waals surface area contributed by atoms with Crippen molar-refractivity contribution in [3.05, 3.63) is 47.2 Å². The Labute approximate surface area is 111 Å². The minimum Gasteiger partial charge on any atom is -0.305 e. The van der Waals surface area contributed by atoms with Gasteiger partial charge >= 0.3 is 0 Å². The average Bonchev–Trinajstić information content (AvgIpc) is 2.76. The predicted molar refractivity (Wildman–Crippen MR) is 71.7 cm³/mol. The largest absolute Gasteiger partial charge is 0.305 e. The molecule has 0 spiro atoms. The van der Waals surface area contributed by atoms with E-state index in [9.17, 15) is 4.79 Å². The quantitative estimate of drug-likeness (QED) is 0.913. The summed E-state index contributed by atoms with van der Waals surface area (Å²) in [7, 11) is 0. The number of nitriles is 1. The average molecular weight is 254 g/mol. The molecule has 1 aromatic carbocycles. The molecule has 0 aliphatic carbocycles. The fourth-order valence-corrected chi connectivity index (χ4v) is 1.88. The van der Waals surface area contributed by atoms with Crippen LogP contribution in [0, 0.1) is 25.2 Å². The molecule has 0 saturated heterocycles. The van der Waals surface area contributed by atoms with Gasteiger partial charge in [0, 0.05) is 17.8 Å². The fourth-order valence-electron chi connectivity index (χ4n) is 1.88. The summed E-state index contributed by atoms with van der Waals surface area (Å²) in [5.74, 6) is 0.244. The van der Waals surface area contributed by atoms with Crippen LogP contribution in [0.15, 0.2) is 30.5 Å². The van der Waals surface area contributed by atoms with Crippen molar-refractivity contribution in [1.29, 1.82) is 5.26 Å². The lowest BCUT2D eigenvalue weighted by atomic mass is 10.1. The Morgan fingerprint density at radius 1 is 1.37 bits per heavy atom. The van der Waals surface area contributed by atoms with Crippen LogP contribution in [0.25, 0.3) is 0 Å². The molecule has 5 heteroatoms. The number of carbonyl (C=O) groups excluding carboxylic acids is 1. The molecule has 1 heterocycles. The third-order valence-corrected chi connectivity index (χ3v) is 2.60. The van der Waals surface area contributed by atoms with Gasteiger partial charge in [-0.25, -0.2) is 0 Å². The monoisotopic (exact) mass is 254 g/mol. The highest BCUT2D eigenvalue weighted by Crippen LogP contribution is 2.11. The van der Waals surface area contributed by atoms with Gasteiger partial charge in [-0.3, -0.25) is 9.48 Å². The summed E-state index contributed by atoms with van der Waals surface area (Å²) in [6, 6.07) is 9.32. The van der Waals surface area contributed by atoms with Gasteiger partial charge in [0.05, 0.1) is 6.07 Å². The maximum atomic E-state index is 12.1. The first-order valence-corrected chi connectivity index (χ1v) is 5.88. The summed E-state index contributed by atoms with van der Waals surface area (Å²) < 4.78 is 1.47. The zero-order chi connectivity index (χ0) is 13.8. The van der Waals surface area contributed by atoms with E-state index in [1.54, 1.807) is 12.3 Å². The lowest BCUT2D eigenvalue weighted by Gasteiger charge is -2.04. The number of nitrogens with zero attached hydrogens (tertiary/aromatic N) is 3. The third-order valence-electron chi connectivity index (χ3n) is 2.60. The zero-order valence-corrected chi connectivity index (χ0v) is 10.8. The molecule has 5 nitrogen and oxygen atoms in total. The Balaban J connectivity index is 2.14. The lowest BCUT2D eigenvalue weighted by Crippen LogP contribution is -2.13. The minimum atomic E-state index is -0.200. The number of aryl methyl sites for hydroxylation is 2. The van der Waals surface area contributed by atoms with Gasteiger partial charge in [-0.05, 0) is 26.0 Å². The van der Waals surface area contributed by atoms with E-state index >= 15 is 0 Å². The predicted octanol–water partition coefficient (Wildman–Crippen LogP) is 2.28. The summed E-state index contributed by atoms with van der Waals surface area (Å²) in [5, 5.41) is 15.3. The number of carbonyl (C=O) groups is 1. The van der Waals surface area contributed by atoms with E-state index in [1.165, 1.54) is 4.68 Å². The van der Waals surface area contributed by atoms with Gasteiger partial charge in [0.25, 0.3) is 5.91 Å². The van der Waals surface area contributed by atoms with Crippen LogP contribution in [0.4, 0.5) is 5.82 Å².